The van der Waals surface area contributed by atoms with Crippen LogP contribution in [0.5, 0.6) is 11.5 Å². The summed E-state index contributed by atoms with van der Waals surface area (Å²) in [7, 11) is 3.19. The SMILES string of the molecule is COc1ccc(OC)c([C@@H]2NC(=O)c3sc(=S)n(-c4ccccc4)c3N2)c1. The summed E-state index contributed by atoms with van der Waals surface area (Å²) in [4.78, 5) is 13.3. The van der Waals surface area contributed by atoms with Crippen LogP contribution in [0.4, 0.5) is 5.82 Å². The van der Waals surface area contributed by atoms with E-state index in [1.165, 1.54) is 11.3 Å². The van der Waals surface area contributed by atoms with Crippen LogP contribution in [0.15, 0.2) is 48.5 Å². The highest BCUT2D eigenvalue weighted by atomic mass is 32.1. The Kier molecular flexibility index (Phi) is 4.59. The van der Waals surface area contributed by atoms with Crippen molar-refractivity contribution in [3.05, 3.63) is 62.9 Å². The Morgan fingerprint density at radius 2 is 1.85 bits per heavy atom. The molecule has 0 bridgehead atoms. The second-order valence-electron chi connectivity index (χ2n) is 5.88. The Labute approximate surface area is 165 Å². The molecule has 138 valence electrons. The van der Waals surface area contributed by atoms with Gasteiger partial charge in [-0.2, -0.15) is 0 Å². The Bertz CT molecular complexity index is 1060. The first-order valence-electron chi connectivity index (χ1n) is 8.23. The number of hydrogen-bond acceptors (Lipinski definition) is 6. The van der Waals surface area contributed by atoms with Crippen molar-refractivity contribution in [1.82, 2.24) is 9.88 Å². The summed E-state index contributed by atoms with van der Waals surface area (Å²) in [6.07, 6.45) is -0.478. The highest BCUT2D eigenvalue weighted by Gasteiger charge is 2.31. The van der Waals surface area contributed by atoms with E-state index in [1.807, 2.05) is 53.1 Å². The average Bonchev–Trinajstić information content (AvgIpc) is 3.04. The van der Waals surface area contributed by atoms with Gasteiger partial charge in [0, 0.05) is 11.3 Å². The van der Waals surface area contributed by atoms with Gasteiger partial charge >= 0.3 is 0 Å². The zero-order valence-corrected chi connectivity index (χ0v) is 16.3. The average molecular weight is 399 g/mol. The summed E-state index contributed by atoms with van der Waals surface area (Å²) in [6, 6.07) is 15.2. The largest absolute Gasteiger partial charge is 0.497 e. The van der Waals surface area contributed by atoms with Crippen LogP contribution >= 0.6 is 23.6 Å². The molecule has 27 heavy (non-hydrogen) atoms. The molecule has 0 saturated heterocycles. The minimum absolute atomic E-state index is 0.176. The number of rotatable bonds is 4. The highest BCUT2D eigenvalue weighted by molar-refractivity contribution is 7.73. The fourth-order valence-corrected chi connectivity index (χ4v) is 4.37. The normalized spacial score (nSPS) is 15.5. The van der Waals surface area contributed by atoms with Crippen molar-refractivity contribution in [2.24, 2.45) is 0 Å². The van der Waals surface area contributed by atoms with Gasteiger partial charge in [0.1, 0.15) is 28.4 Å². The number of amides is 1. The summed E-state index contributed by atoms with van der Waals surface area (Å²) in [5.74, 6) is 1.83. The molecule has 0 saturated carbocycles. The Morgan fingerprint density at radius 3 is 2.56 bits per heavy atom. The number of benzene rings is 2. The van der Waals surface area contributed by atoms with E-state index >= 15 is 0 Å². The molecular weight excluding hydrogens is 382 g/mol. The molecule has 2 heterocycles. The molecule has 1 atom stereocenters. The lowest BCUT2D eigenvalue weighted by atomic mass is 10.1. The number of fused-ring (bicyclic) bond motifs is 1. The van der Waals surface area contributed by atoms with Crippen LogP contribution in [0.1, 0.15) is 21.4 Å². The Morgan fingerprint density at radius 1 is 1.07 bits per heavy atom. The van der Waals surface area contributed by atoms with E-state index in [9.17, 15) is 4.79 Å². The van der Waals surface area contributed by atoms with E-state index in [0.717, 1.165) is 11.3 Å². The number of carbonyl (C=O) groups excluding carboxylic acids is 1. The molecule has 4 rings (SSSR count). The van der Waals surface area contributed by atoms with E-state index in [2.05, 4.69) is 10.6 Å². The molecular formula is C19H17N3O3S2. The van der Waals surface area contributed by atoms with E-state index in [4.69, 9.17) is 21.7 Å². The molecule has 0 fully saturated rings. The number of anilines is 1. The van der Waals surface area contributed by atoms with Gasteiger partial charge in [-0.3, -0.25) is 9.36 Å². The molecule has 2 N–H and O–H groups in total. The van der Waals surface area contributed by atoms with Crippen molar-refractivity contribution in [1.29, 1.82) is 0 Å². The van der Waals surface area contributed by atoms with Crippen molar-refractivity contribution in [2.75, 3.05) is 19.5 Å². The van der Waals surface area contributed by atoms with Crippen LogP contribution in [0.25, 0.3) is 5.69 Å². The van der Waals surface area contributed by atoms with Crippen molar-refractivity contribution in [3.63, 3.8) is 0 Å². The standard InChI is InChI=1S/C19H17N3O3S2/c1-24-12-8-9-14(25-2)13(10-12)16-20-17-15(18(23)21-16)27-19(26)22(17)11-6-4-3-5-7-11/h3-10,16,20H,1-2H3,(H,21,23)/t16-/m0/s1. The molecule has 1 aliphatic rings. The minimum atomic E-state index is -0.478. The summed E-state index contributed by atoms with van der Waals surface area (Å²) in [6.45, 7) is 0. The number of nitrogens with one attached hydrogen (secondary N) is 2. The van der Waals surface area contributed by atoms with Gasteiger partial charge in [0.25, 0.3) is 5.91 Å². The van der Waals surface area contributed by atoms with Crippen molar-refractivity contribution >= 4 is 35.3 Å². The van der Waals surface area contributed by atoms with Crippen molar-refractivity contribution in [2.45, 2.75) is 6.17 Å². The molecule has 0 spiro atoms. The van der Waals surface area contributed by atoms with Crippen LogP contribution in [0.3, 0.4) is 0 Å². The number of nitrogens with zero attached hydrogens (tertiary/aromatic N) is 1. The fraction of sp³-hybridized carbons (Fsp3) is 0.158. The van der Waals surface area contributed by atoms with E-state index in [1.54, 1.807) is 14.2 Å². The van der Waals surface area contributed by atoms with Crippen molar-refractivity contribution < 1.29 is 14.3 Å². The first-order chi connectivity index (χ1) is 13.1. The summed E-state index contributed by atoms with van der Waals surface area (Å²) >= 11 is 6.80. The molecule has 1 aromatic heterocycles. The second-order valence-corrected chi connectivity index (χ2v) is 7.52. The third kappa shape index (κ3) is 3.07. The second kappa shape index (κ2) is 7.05. The quantitative estimate of drug-likeness (QED) is 0.646. The molecule has 2 aromatic carbocycles. The number of methoxy groups -OCH3 is 2. The topological polar surface area (TPSA) is 64.5 Å². The minimum Gasteiger partial charge on any atom is -0.497 e. The van der Waals surface area contributed by atoms with Gasteiger partial charge in [-0.15, -0.1) is 0 Å². The highest BCUT2D eigenvalue weighted by Crippen LogP contribution is 2.37. The molecule has 1 aliphatic heterocycles. The number of aromatic nitrogens is 1. The third-order valence-corrected chi connectivity index (χ3v) is 5.71. The Hall–Kier alpha value is -2.84. The summed E-state index contributed by atoms with van der Waals surface area (Å²) < 4.78 is 13.3. The lowest BCUT2D eigenvalue weighted by molar-refractivity contribution is 0.0939. The summed E-state index contributed by atoms with van der Waals surface area (Å²) in [5, 5.41) is 6.37. The van der Waals surface area contributed by atoms with Crippen LogP contribution in [0, 0.1) is 3.95 Å². The number of carbonyl (C=O) groups is 1. The van der Waals surface area contributed by atoms with Crippen LogP contribution < -0.4 is 20.1 Å². The lowest BCUT2D eigenvalue weighted by Crippen LogP contribution is -2.38. The monoisotopic (exact) mass is 399 g/mol. The maximum absolute atomic E-state index is 12.7. The van der Waals surface area contributed by atoms with Gasteiger partial charge in [-0.25, -0.2) is 0 Å². The number of hydrogen-bond donors (Lipinski definition) is 2. The van der Waals surface area contributed by atoms with Crippen molar-refractivity contribution in [3.8, 4) is 17.2 Å². The maximum Gasteiger partial charge on any atom is 0.267 e. The number of ether oxygens (including phenoxy) is 2. The maximum atomic E-state index is 12.7. The van der Waals surface area contributed by atoms with Gasteiger partial charge in [-0.05, 0) is 42.5 Å². The zero-order valence-electron chi connectivity index (χ0n) is 14.7. The Balaban J connectivity index is 1.82. The van der Waals surface area contributed by atoms with Gasteiger partial charge in [0.05, 0.1) is 14.2 Å². The summed E-state index contributed by atoms with van der Waals surface area (Å²) in [5.41, 5.74) is 1.67. The third-order valence-electron chi connectivity index (χ3n) is 4.34. The first-order valence-corrected chi connectivity index (χ1v) is 9.45. The van der Waals surface area contributed by atoms with Gasteiger partial charge < -0.3 is 20.1 Å². The predicted octanol–water partition coefficient (Wildman–Crippen LogP) is 4.14. The number of thiazole rings is 1. The van der Waals surface area contributed by atoms with Gasteiger partial charge in [0.2, 0.25) is 0 Å². The van der Waals surface area contributed by atoms with Gasteiger partial charge in [0.15, 0.2) is 3.95 Å². The predicted molar refractivity (Wildman–Crippen MR) is 108 cm³/mol. The molecule has 0 unspecified atom stereocenters. The smallest absolute Gasteiger partial charge is 0.267 e. The lowest BCUT2D eigenvalue weighted by Gasteiger charge is -2.28. The molecule has 1 amide bonds. The van der Waals surface area contributed by atoms with Crippen LogP contribution in [-0.4, -0.2) is 24.7 Å². The molecule has 0 radical (unpaired) electrons. The van der Waals surface area contributed by atoms with Crippen LogP contribution in [0.2, 0.25) is 0 Å². The van der Waals surface area contributed by atoms with Gasteiger partial charge in [-0.1, -0.05) is 29.5 Å². The van der Waals surface area contributed by atoms with Crippen LogP contribution in [-0.2, 0) is 0 Å². The number of para-hydroxylation sites is 1. The molecule has 0 aliphatic carbocycles. The molecule has 3 aromatic rings. The molecule has 8 heteroatoms. The van der Waals surface area contributed by atoms with E-state index in [0.29, 0.717) is 26.1 Å². The van der Waals surface area contributed by atoms with E-state index < -0.39 is 6.17 Å². The van der Waals surface area contributed by atoms with E-state index in [-0.39, 0.29) is 5.91 Å². The fourth-order valence-electron chi connectivity index (χ4n) is 3.06. The molecule has 6 nitrogen and oxygen atoms in total. The first kappa shape index (κ1) is 17.6. The zero-order chi connectivity index (χ0) is 19.0.